The fourth-order valence-electron chi connectivity index (χ4n) is 4.87. The van der Waals surface area contributed by atoms with Crippen molar-refractivity contribution in [2.75, 3.05) is 34.3 Å². The standard InChI is InChI=1S/C33H38N2O6/c1-21(2)41-25-13-14-26(22(3)18-25)31(36)29-30(35(17-16-34(4)5)33(38)32(29)37)24-12-15-27(28(19-24)39-6)40-20-23-10-8-7-9-11-23/h7-15,18-19,21,30,36H,16-17,20H2,1-6H3. The average Bonchev–Trinajstić information content (AvgIpc) is 3.19. The topological polar surface area (TPSA) is 88.5 Å². The molecule has 1 heterocycles. The van der Waals surface area contributed by atoms with Gasteiger partial charge in [0.15, 0.2) is 11.5 Å². The summed E-state index contributed by atoms with van der Waals surface area (Å²) in [6.45, 7) is 6.90. The zero-order valence-corrected chi connectivity index (χ0v) is 24.5. The van der Waals surface area contributed by atoms with Gasteiger partial charge in [-0.2, -0.15) is 0 Å². The molecule has 41 heavy (non-hydrogen) atoms. The van der Waals surface area contributed by atoms with E-state index < -0.39 is 17.7 Å². The molecular formula is C33H38N2O6. The maximum Gasteiger partial charge on any atom is 0.295 e. The van der Waals surface area contributed by atoms with Crippen LogP contribution in [0, 0.1) is 6.92 Å². The molecule has 1 aliphatic heterocycles. The molecule has 1 N–H and O–H groups in total. The highest BCUT2D eigenvalue weighted by Gasteiger charge is 2.46. The largest absolute Gasteiger partial charge is 0.507 e. The third kappa shape index (κ3) is 6.72. The van der Waals surface area contributed by atoms with Gasteiger partial charge in [0, 0.05) is 18.7 Å². The SMILES string of the molecule is COc1cc(C2C(=C(O)c3ccc(OC(C)C)cc3C)C(=O)C(=O)N2CCN(C)C)ccc1OCc1ccccc1. The number of likely N-dealkylation sites (N-methyl/N-ethyl adjacent to an activating group) is 1. The van der Waals surface area contributed by atoms with Gasteiger partial charge < -0.3 is 29.1 Å². The first-order chi connectivity index (χ1) is 19.6. The number of likely N-dealkylation sites (tertiary alicyclic amines) is 1. The van der Waals surface area contributed by atoms with E-state index in [1.54, 1.807) is 31.4 Å². The van der Waals surface area contributed by atoms with Crippen LogP contribution in [0.25, 0.3) is 5.76 Å². The Labute approximate surface area is 241 Å². The number of ketones is 1. The number of benzene rings is 3. The average molecular weight is 559 g/mol. The Morgan fingerprint density at radius 1 is 1.00 bits per heavy atom. The van der Waals surface area contributed by atoms with Crippen molar-refractivity contribution in [3.63, 3.8) is 0 Å². The summed E-state index contributed by atoms with van der Waals surface area (Å²) in [5, 5.41) is 11.6. The monoisotopic (exact) mass is 558 g/mol. The van der Waals surface area contributed by atoms with Crippen LogP contribution in [-0.4, -0.2) is 67.0 Å². The van der Waals surface area contributed by atoms with Crippen molar-refractivity contribution < 1.29 is 28.9 Å². The summed E-state index contributed by atoms with van der Waals surface area (Å²) in [6, 6.07) is 19.6. The molecule has 8 nitrogen and oxygen atoms in total. The summed E-state index contributed by atoms with van der Waals surface area (Å²) >= 11 is 0. The van der Waals surface area contributed by atoms with Crippen LogP contribution < -0.4 is 14.2 Å². The van der Waals surface area contributed by atoms with Gasteiger partial charge in [-0.3, -0.25) is 9.59 Å². The Bertz CT molecular complexity index is 1430. The Hall–Kier alpha value is -4.30. The predicted octanol–water partition coefficient (Wildman–Crippen LogP) is 5.35. The molecular weight excluding hydrogens is 520 g/mol. The molecule has 0 radical (unpaired) electrons. The molecule has 1 atom stereocenters. The maximum absolute atomic E-state index is 13.5. The van der Waals surface area contributed by atoms with Gasteiger partial charge in [0.25, 0.3) is 11.7 Å². The molecule has 4 rings (SSSR count). The first kappa shape index (κ1) is 29.7. The number of Topliss-reactive ketones (excluding diaryl/α,β-unsaturated/α-hetero) is 1. The van der Waals surface area contributed by atoms with Crippen LogP contribution in [0.5, 0.6) is 17.2 Å². The molecule has 0 aromatic heterocycles. The van der Waals surface area contributed by atoms with E-state index in [1.165, 1.54) is 4.90 Å². The fraction of sp³-hybridized carbons (Fsp3) is 0.333. The van der Waals surface area contributed by atoms with E-state index in [0.717, 1.165) is 11.1 Å². The number of hydrogen-bond acceptors (Lipinski definition) is 7. The molecule has 1 saturated heterocycles. The highest BCUT2D eigenvalue weighted by molar-refractivity contribution is 6.46. The lowest BCUT2D eigenvalue weighted by atomic mass is 9.93. The number of amides is 1. The van der Waals surface area contributed by atoms with Crippen LogP contribution in [0.1, 0.15) is 42.1 Å². The Morgan fingerprint density at radius 3 is 2.37 bits per heavy atom. The minimum atomic E-state index is -0.807. The Balaban J connectivity index is 1.77. The predicted molar refractivity (Wildman–Crippen MR) is 158 cm³/mol. The fourth-order valence-corrected chi connectivity index (χ4v) is 4.87. The van der Waals surface area contributed by atoms with E-state index in [4.69, 9.17) is 14.2 Å². The Morgan fingerprint density at radius 2 is 1.73 bits per heavy atom. The van der Waals surface area contributed by atoms with E-state index in [-0.39, 0.29) is 17.4 Å². The highest BCUT2D eigenvalue weighted by Crippen LogP contribution is 2.42. The van der Waals surface area contributed by atoms with Gasteiger partial charge in [-0.1, -0.05) is 36.4 Å². The molecule has 0 saturated carbocycles. The molecule has 1 aliphatic rings. The second kappa shape index (κ2) is 12.9. The number of ether oxygens (including phenoxy) is 3. The molecule has 1 amide bonds. The summed E-state index contributed by atoms with van der Waals surface area (Å²) < 4.78 is 17.5. The molecule has 216 valence electrons. The molecule has 0 spiro atoms. The summed E-state index contributed by atoms with van der Waals surface area (Å²) in [5.41, 5.74) is 2.86. The van der Waals surface area contributed by atoms with E-state index in [9.17, 15) is 14.7 Å². The van der Waals surface area contributed by atoms with Crippen LogP contribution in [0.2, 0.25) is 0 Å². The van der Waals surface area contributed by atoms with Crippen LogP contribution in [0.15, 0.2) is 72.3 Å². The van der Waals surface area contributed by atoms with Crippen molar-refractivity contribution in [1.82, 2.24) is 9.80 Å². The van der Waals surface area contributed by atoms with Gasteiger partial charge in [0.2, 0.25) is 0 Å². The van der Waals surface area contributed by atoms with E-state index in [2.05, 4.69) is 0 Å². The van der Waals surface area contributed by atoms with Gasteiger partial charge in [-0.25, -0.2) is 0 Å². The lowest BCUT2D eigenvalue weighted by Gasteiger charge is -2.27. The van der Waals surface area contributed by atoms with Crippen molar-refractivity contribution in [2.24, 2.45) is 0 Å². The molecule has 8 heteroatoms. The zero-order chi connectivity index (χ0) is 29.7. The molecule has 3 aromatic rings. The van der Waals surface area contributed by atoms with Gasteiger partial charge in [-0.15, -0.1) is 0 Å². The summed E-state index contributed by atoms with van der Waals surface area (Å²) in [5.74, 6) is 0.0474. The van der Waals surface area contributed by atoms with Gasteiger partial charge in [0.1, 0.15) is 18.1 Å². The van der Waals surface area contributed by atoms with Gasteiger partial charge in [0.05, 0.1) is 24.8 Å². The van der Waals surface area contributed by atoms with Crippen molar-refractivity contribution in [2.45, 2.75) is 39.5 Å². The zero-order valence-electron chi connectivity index (χ0n) is 24.5. The molecule has 0 aliphatic carbocycles. The molecule has 1 unspecified atom stereocenters. The summed E-state index contributed by atoms with van der Waals surface area (Å²) in [4.78, 5) is 30.2. The number of aliphatic hydroxyl groups is 1. The summed E-state index contributed by atoms with van der Waals surface area (Å²) in [6.07, 6.45) is -0.00880. The van der Waals surface area contributed by atoms with Crippen LogP contribution in [0.3, 0.4) is 0 Å². The number of methoxy groups -OCH3 is 1. The third-order valence-electron chi connectivity index (χ3n) is 6.89. The van der Waals surface area contributed by atoms with E-state index in [0.29, 0.717) is 48.1 Å². The number of aliphatic hydroxyl groups excluding tert-OH is 1. The molecule has 0 bridgehead atoms. The lowest BCUT2D eigenvalue weighted by molar-refractivity contribution is -0.140. The van der Waals surface area contributed by atoms with Crippen LogP contribution in [-0.2, 0) is 16.2 Å². The normalized spacial score (nSPS) is 16.5. The number of rotatable bonds is 11. The number of nitrogens with zero attached hydrogens (tertiary/aromatic N) is 2. The first-order valence-corrected chi connectivity index (χ1v) is 13.7. The number of hydrogen-bond donors (Lipinski definition) is 1. The molecule has 3 aromatic carbocycles. The second-order valence-corrected chi connectivity index (χ2v) is 10.6. The highest BCUT2D eigenvalue weighted by atomic mass is 16.5. The Kier molecular flexibility index (Phi) is 9.35. The lowest BCUT2D eigenvalue weighted by Crippen LogP contribution is -2.35. The summed E-state index contributed by atoms with van der Waals surface area (Å²) in [7, 11) is 5.34. The minimum Gasteiger partial charge on any atom is -0.507 e. The first-order valence-electron chi connectivity index (χ1n) is 13.7. The van der Waals surface area contributed by atoms with Crippen molar-refractivity contribution >= 4 is 17.4 Å². The number of carbonyl (C=O) groups is 2. The van der Waals surface area contributed by atoms with E-state index >= 15 is 0 Å². The van der Waals surface area contributed by atoms with Gasteiger partial charge >= 0.3 is 0 Å². The van der Waals surface area contributed by atoms with Crippen molar-refractivity contribution in [3.05, 3.63) is 94.6 Å². The smallest absolute Gasteiger partial charge is 0.295 e. The van der Waals surface area contributed by atoms with Crippen molar-refractivity contribution in [3.8, 4) is 17.2 Å². The maximum atomic E-state index is 13.5. The molecule has 1 fully saturated rings. The number of carbonyl (C=O) groups excluding carboxylic acids is 2. The third-order valence-corrected chi connectivity index (χ3v) is 6.89. The van der Waals surface area contributed by atoms with E-state index in [1.807, 2.05) is 82.2 Å². The van der Waals surface area contributed by atoms with Gasteiger partial charge in [-0.05, 0) is 81.9 Å². The minimum absolute atomic E-state index is 0.00880. The van der Waals surface area contributed by atoms with Crippen LogP contribution >= 0.6 is 0 Å². The number of aryl methyl sites for hydroxylation is 1. The van der Waals surface area contributed by atoms with Crippen LogP contribution in [0.4, 0.5) is 0 Å². The van der Waals surface area contributed by atoms with Crippen molar-refractivity contribution in [1.29, 1.82) is 0 Å². The second-order valence-electron chi connectivity index (χ2n) is 10.6. The quantitative estimate of drug-likeness (QED) is 0.193.